The zero-order chi connectivity index (χ0) is 26.1. The summed E-state index contributed by atoms with van der Waals surface area (Å²) >= 11 is 0. The van der Waals surface area contributed by atoms with Crippen molar-refractivity contribution in [3.05, 3.63) is 59.5 Å². The molecule has 10 nitrogen and oxygen atoms in total. The van der Waals surface area contributed by atoms with Crippen molar-refractivity contribution in [1.29, 1.82) is 0 Å². The van der Waals surface area contributed by atoms with Crippen molar-refractivity contribution >= 4 is 39.6 Å². The predicted molar refractivity (Wildman–Crippen MR) is 125 cm³/mol. The van der Waals surface area contributed by atoms with E-state index in [9.17, 15) is 22.8 Å². The van der Waals surface area contributed by atoms with Gasteiger partial charge in [-0.15, -0.1) is 0 Å². The Kier molecular flexibility index (Phi) is 4.84. The number of benzene rings is 1. The molecule has 3 aromatic heterocycles. The second-order valence-electron chi connectivity index (χ2n) is 9.27. The van der Waals surface area contributed by atoms with E-state index in [0.717, 1.165) is 11.1 Å². The minimum Gasteiger partial charge on any atom is -0.440 e. The Morgan fingerprint density at radius 2 is 1.97 bits per heavy atom. The van der Waals surface area contributed by atoms with Crippen LogP contribution in [0.5, 0.6) is 0 Å². The number of amides is 2. The lowest BCUT2D eigenvalue weighted by molar-refractivity contribution is -0.137. The van der Waals surface area contributed by atoms with E-state index in [-0.39, 0.29) is 24.3 Å². The first-order chi connectivity index (χ1) is 17.5. The third-order valence-electron chi connectivity index (χ3n) is 6.70. The third-order valence-corrected chi connectivity index (χ3v) is 6.70. The molecule has 1 saturated carbocycles. The molecule has 0 atom stereocenters. The third kappa shape index (κ3) is 3.86. The number of carbonyl (C=O) groups is 2. The van der Waals surface area contributed by atoms with Gasteiger partial charge in [-0.1, -0.05) is 0 Å². The fourth-order valence-corrected chi connectivity index (χ4v) is 4.54. The molecule has 2 N–H and O–H groups in total. The fourth-order valence-electron chi connectivity index (χ4n) is 4.54. The van der Waals surface area contributed by atoms with Gasteiger partial charge in [-0.05, 0) is 43.2 Å². The Hall–Kier alpha value is -4.42. The maximum absolute atomic E-state index is 13.8. The number of pyridine rings is 2. The van der Waals surface area contributed by atoms with Gasteiger partial charge in [-0.3, -0.25) is 14.5 Å². The number of anilines is 1. The highest BCUT2D eigenvalue weighted by molar-refractivity contribution is 6.10. The molecule has 37 heavy (non-hydrogen) atoms. The zero-order valence-corrected chi connectivity index (χ0v) is 19.5. The van der Waals surface area contributed by atoms with E-state index in [0.29, 0.717) is 46.7 Å². The molecule has 4 heterocycles. The number of nitrogens with two attached hydrogens (primary N) is 1. The molecule has 2 aliphatic rings. The molecule has 0 unspecified atom stereocenters. The van der Waals surface area contributed by atoms with Crippen molar-refractivity contribution in [2.24, 2.45) is 7.05 Å². The van der Waals surface area contributed by atoms with E-state index in [1.807, 2.05) is 0 Å². The van der Waals surface area contributed by atoms with Crippen molar-refractivity contribution in [3.8, 4) is 0 Å². The van der Waals surface area contributed by atoms with Crippen molar-refractivity contribution in [2.45, 2.75) is 31.2 Å². The second-order valence-corrected chi connectivity index (χ2v) is 9.27. The monoisotopic (exact) mass is 511 g/mol. The molecule has 190 valence electrons. The summed E-state index contributed by atoms with van der Waals surface area (Å²) < 4.78 is 46.1. The number of hydrogen-bond acceptors (Lipinski definition) is 7. The van der Waals surface area contributed by atoms with Crippen molar-refractivity contribution in [2.75, 3.05) is 12.3 Å². The lowest BCUT2D eigenvalue weighted by atomic mass is 10.1. The molecule has 13 heteroatoms. The molecule has 0 bridgehead atoms. The molecule has 1 saturated heterocycles. The first kappa shape index (κ1) is 23.0. The number of nitrogen functional groups attached to an aromatic ring is 1. The minimum atomic E-state index is -4.54. The normalized spacial score (nSPS) is 16.5. The Balaban J connectivity index is 1.40. The van der Waals surface area contributed by atoms with E-state index in [1.54, 1.807) is 36.1 Å². The highest BCUT2D eigenvalue weighted by atomic mass is 19.4. The van der Waals surface area contributed by atoms with Gasteiger partial charge in [0.2, 0.25) is 0 Å². The summed E-state index contributed by atoms with van der Waals surface area (Å²) in [6.45, 7) is -0.0723. The Morgan fingerprint density at radius 1 is 1.19 bits per heavy atom. The summed E-state index contributed by atoms with van der Waals surface area (Å²) in [6.07, 6.45) is -1.59. The van der Waals surface area contributed by atoms with Crippen LogP contribution < -0.4 is 5.73 Å². The van der Waals surface area contributed by atoms with Crippen LogP contribution in [-0.4, -0.2) is 53.9 Å². The maximum Gasteiger partial charge on any atom is 0.429 e. The van der Waals surface area contributed by atoms with Crippen LogP contribution in [0.4, 0.5) is 23.8 Å². The second kappa shape index (κ2) is 7.79. The van der Waals surface area contributed by atoms with Crippen LogP contribution in [0.3, 0.4) is 0 Å². The molecule has 2 amide bonds. The first-order valence-electron chi connectivity index (χ1n) is 11.4. The highest BCUT2D eigenvalue weighted by Gasteiger charge is 2.56. The van der Waals surface area contributed by atoms with E-state index < -0.39 is 29.3 Å². The molecule has 2 fully saturated rings. The molecule has 1 aliphatic carbocycles. The van der Waals surface area contributed by atoms with Gasteiger partial charge in [-0.2, -0.15) is 18.3 Å². The highest BCUT2D eigenvalue weighted by Crippen LogP contribution is 2.45. The summed E-state index contributed by atoms with van der Waals surface area (Å²) in [5.41, 5.74) is 6.17. The fraction of sp³-hybridized carbons (Fsp3) is 0.292. The van der Waals surface area contributed by atoms with Gasteiger partial charge in [0.05, 0.1) is 47.0 Å². The van der Waals surface area contributed by atoms with E-state index >= 15 is 0 Å². The van der Waals surface area contributed by atoms with Gasteiger partial charge in [0.1, 0.15) is 11.4 Å². The number of hydrazine groups is 1. The number of ether oxygens (including phenoxy) is 1. The van der Waals surface area contributed by atoms with Crippen LogP contribution in [-0.2, 0) is 24.5 Å². The van der Waals surface area contributed by atoms with Gasteiger partial charge in [0.15, 0.2) is 0 Å². The molecule has 1 spiro atoms. The summed E-state index contributed by atoms with van der Waals surface area (Å²) in [5, 5.41) is 7.85. The molecule has 1 aromatic carbocycles. The Labute approximate surface area is 207 Å². The largest absolute Gasteiger partial charge is 0.440 e. The smallest absolute Gasteiger partial charge is 0.429 e. The molecule has 6 rings (SSSR count). The maximum atomic E-state index is 13.8. The number of hydrogen-bond donors (Lipinski definition) is 1. The summed E-state index contributed by atoms with van der Waals surface area (Å²) in [6, 6.07) is 6.91. The number of aromatic nitrogens is 4. The lowest BCUT2D eigenvalue weighted by Crippen LogP contribution is -2.47. The number of rotatable bonds is 4. The summed E-state index contributed by atoms with van der Waals surface area (Å²) in [5.74, 6) is -0.246. The predicted octanol–water partition coefficient (Wildman–Crippen LogP) is 3.66. The number of fused-ring (bicyclic) bond motifs is 3. The molecular weight excluding hydrogens is 491 g/mol. The van der Waals surface area contributed by atoms with Gasteiger partial charge in [0, 0.05) is 24.2 Å². The molecule has 4 aromatic rings. The number of aryl methyl sites for hydroxylation is 1. The standard InChI is InChI=1S/C24H20F3N7O3/c1-32-19-16-8-13(2-5-18(16)31-20(28)17(19)10-30-32)21(35)33(34-12-23(6-7-23)37-22(34)36)11-15-4-3-14(9-29-15)24(25,26)27/h2-5,8-10H,6-7,11-12H2,1H3,(H2,28,31). The van der Waals surface area contributed by atoms with Gasteiger partial charge in [0.25, 0.3) is 5.91 Å². The SMILES string of the molecule is Cn1ncc2c(N)nc3ccc(C(=O)N(Cc4ccc(C(F)(F)F)cn4)N4CC5(CC5)OC4=O)cc3c21. The van der Waals surface area contributed by atoms with Crippen LogP contribution in [0, 0.1) is 0 Å². The van der Waals surface area contributed by atoms with Gasteiger partial charge in [-0.25, -0.2) is 19.8 Å². The average Bonchev–Trinajstić information content (AvgIpc) is 3.36. The number of nitrogens with zero attached hydrogens (tertiary/aromatic N) is 6. The number of alkyl halides is 3. The first-order valence-corrected chi connectivity index (χ1v) is 11.4. The number of carbonyl (C=O) groups excluding carboxylic acids is 2. The molecule has 1 aliphatic heterocycles. The zero-order valence-electron chi connectivity index (χ0n) is 19.5. The summed E-state index contributed by atoms with van der Waals surface area (Å²) in [4.78, 5) is 34.8. The Bertz CT molecular complexity index is 1580. The van der Waals surface area contributed by atoms with E-state index in [4.69, 9.17) is 10.5 Å². The van der Waals surface area contributed by atoms with Gasteiger partial charge >= 0.3 is 12.3 Å². The van der Waals surface area contributed by atoms with Crippen molar-refractivity contribution in [1.82, 2.24) is 29.8 Å². The average molecular weight is 511 g/mol. The van der Waals surface area contributed by atoms with Crippen molar-refractivity contribution < 1.29 is 27.5 Å². The van der Waals surface area contributed by atoms with Crippen molar-refractivity contribution in [3.63, 3.8) is 0 Å². The lowest BCUT2D eigenvalue weighted by Gasteiger charge is -2.29. The van der Waals surface area contributed by atoms with E-state index in [2.05, 4.69) is 15.1 Å². The van der Waals surface area contributed by atoms with Gasteiger partial charge < -0.3 is 10.5 Å². The molecule has 0 radical (unpaired) electrons. The van der Waals surface area contributed by atoms with E-state index in [1.165, 1.54) is 11.1 Å². The topological polar surface area (TPSA) is 119 Å². The quantitative estimate of drug-likeness (QED) is 0.444. The Morgan fingerprint density at radius 3 is 2.62 bits per heavy atom. The van der Waals surface area contributed by atoms with Crippen LogP contribution in [0.1, 0.15) is 34.5 Å². The van der Waals surface area contributed by atoms with Crippen LogP contribution in [0.15, 0.2) is 42.7 Å². The van der Waals surface area contributed by atoms with Crippen LogP contribution in [0.2, 0.25) is 0 Å². The number of halogens is 3. The molecular formula is C24H20F3N7O3. The van der Waals surface area contributed by atoms with Crippen LogP contribution in [0.25, 0.3) is 21.8 Å². The minimum absolute atomic E-state index is 0.163. The van der Waals surface area contributed by atoms with Crippen LogP contribution >= 0.6 is 0 Å². The summed E-state index contributed by atoms with van der Waals surface area (Å²) in [7, 11) is 1.74.